The maximum Gasteiger partial charge on any atom is 0.238 e. The maximum atomic E-state index is 12.4. The molecule has 3 aromatic rings. The van der Waals surface area contributed by atoms with Crippen molar-refractivity contribution in [2.24, 2.45) is 5.14 Å². The molecule has 0 aliphatic carbocycles. The number of hydrogen-bond acceptors (Lipinski definition) is 8. The van der Waals surface area contributed by atoms with E-state index < -0.39 is 15.3 Å². The van der Waals surface area contributed by atoms with Crippen LogP contribution in [0.1, 0.15) is 6.92 Å². The number of aromatic nitrogens is 2. The predicted molar refractivity (Wildman–Crippen MR) is 111 cm³/mol. The van der Waals surface area contributed by atoms with Gasteiger partial charge >= 0.3 is 0 Å². The fourth-order valence-corrected chi connectivity index (χ4v) is 4.56. The highest BCUT2D eigenvalue weighted by atomic mass is 32.2. The van der Waals surface area contributed by atoms with Gasteiger partial charge in [-0.2, -0.15) is 0 Å². The number of nitrogens with zero attached hydrogens (tertiary/aromatic N) is 2. The third kappa shape index (κ3) is 5.52. The summed E-state index contributed by atoms with van der Waals surface area (Å²) in [5, 5.41) is 19.3. The average molecular weight is 436 g/mol. The molecule has 0 radical (unpaired) electrons. The third-order valence-corrected chi connectivity index (χ3v) is 6.48. The first kappa shape index (κ1) is 20.3. The van der Waals surface area contributed by atoms with Crippen molar-refractivity contribution in [1.29, 1.82) is 0 Å². The van der Waals surface area contributed by atoms with Crippen LogP contribution in [0.25, 0.3) is 0 Å². The Balaban J connectivity index is 1.57. The molecule has 0 saturated heterocycles. The van der Waals surface area contributed by atoms with E-state index in [4.69, 9.17) is 5.14 Å². The molecule has 8 nitrogen and oxygen atoms in total. The summed E-state index contributed by atoms with van der Waals surface area (Å²) in [5.41, 5.74) is 1.39. The second-order valence-electron chi connectivity index (χ2n) is 5.68. The summed E-state index contributed by atoms with van der Waals surface area (Å²) >= 11 is 2.64. The first-order chi connectivity index (χ1) is 13.3. The molecule has 0 aliphatic rings. The standard InChI is InChI=1S/C17H17N5O3S3/c1-11(15(23)19-13-7-9-14(10-8-13)28(18,24)25)26-17-22-21-16(27-17)20-12-5-3-2-4-6-12/h2-11H,1H3,(H,19,23)(H,20,21)(H2,18,24,25)/t11-/m1/s1. The monoisotopic (exact) mass is 435 g/mol. The molecular formula is C17H17N5O3S3. The van der Waals surface area contributed by atoms with Gasteiger partial charge in [-0.15, -0.1) is 10.2 Å². The molecule has 0 bridgehead atoms. The molecule has 1 atom stereocenters. The lowest BCUT2D eigenvalue weighted by Gasteiger charge is -2.10. The molecule has 2 aromatic carbocycles. The SMILES string of the molecule is C[C@@H](Sc1nnc(Nc2ccccc2)s1)C(=O)Nc1ccc(S(N)(=O)=O)cc1. The van der Waals surface area contributed by atoms with Crippen molar-refractivity contribution in [1.82, 2.24) is 10.2 Å². The van der Waals surface area contributed by atoms with Crippen LogP contribution in [0, 0.1) is 0 Å². The van der Waals surface area contributed by atoms with Gasteiger partial charge < -0.3 is 10.6 Å². The lowest BCUT2D eigenvalue weighted by Crippen LogP contribution is -2.22. The Morgan fingerprint density at radius 1 is 1.07 bits per heavy atom. The van der Waals surface area contributed by atoms with Crippen LogP contribution >= 0.6 is 23.1 Å². The number of amides is 1. The van der Waals surface area contributed by atoms with Crippen LogP contribution < -0.4 is 15.8 Å². The molecule has 0 aliphatic heterocycles. The van der Waals surface area contributed by atoms with E-state index in [1.807, 2.05) is 30.3 Å². The summed E-state index contributed by atoms with van der Waals surface area (Å²) in [6.45, 7) is 1.75. The number of thioether (sulfide) groups is 1. The van der Waals surface area contributed by atoms with Crippen LogP contribution in [0.3, 0.4) is 0 Å². The molecule has 0 fully saturated rings. The normalized spacial score (nSPS) is 12.4. The van der Waals surface area contributed by atoms with Gasteiger partial charge in [0.25, 0.3) is 0 Å². The van der Waals surface area contributed by atoms with Gasteiger partial charge in [-0.25, -0.2) is 13.6 Å². The van der Waals surface area contributed by atoms with Gasteiger partial charge in [0.05, 0.1) is 10.1 Å². The van der Waals surface area contributed by atoms with Crippen LogP contribution in [0.2, 0.25) is 0 Å². The van der Waals surface area contributed by atoms with E-state index in [-0.39, 0.29) is 10.8 Å². The number of benzene rings is 2. The highest BCUT2D eigenvalue weighted by Gasteiger charge is 2.18. The van der Waals surface area contributed by atoms with Crippen molar-refractivity contribution in [3.05, 3.63) is 54.6 Å². The Morgan fingerprint density at radius 2 is 1.75 bits per heavy atom. The summed E-state index contributed by atoms with van der Waals surface area (Å²) in [6, 6.07) is 15.3. The highest BCUT2D eigenvalue weighted by Crippen LogP contribution is 2.30. The highest BCUT2D eigenvalue weighted by molar-refractivity contribution is 8.02. The zero-order chi connectivity index (χ0) is 20.1. The van der Waals surface area contributed by atoms with Crippen LogP contribution in [0.5, 0.6) is 0 Å². The number of para-hydroxylation sites is 1. The number of rotatable bonds is 7. The van der Waals surface area contributed by atoms with Crippen LogP contribution in [0.15, 0.2) is 63.8 Å². The van der Waals surface area contributed by atoms with Crippen LogP contribution in [-0.2, 0) is 14.8 Å². The summed E-state index contributed by atoms with van der Waals surface area (Å²) < 4.78 is 23.2. The summed E-state index contributed by atoms with van der Waals surface area (Å²) in [5.74, 6) is -0.235. The quantitative estimate of drug-likeness (QED) is 0.487. The van der Waals surface area contributed by atoms with Gasteiger partial charge in [0.2, 0.25) is 21.1 Å². The zero-order valence-corrected chi connectivity index (χ0v) is 17.1. The van der Waals surface area contributed by atoms with E-state index in [1.165, 1.54) is 47.4 Å². The van der Waals surface area contributed by atoms with Crippen molar-refractivity contribution < 1.29 is 13.2 Å². The molecule has 3 rings (SSSR count). The van der Waals surface area contributed by atoms with E-state index in [0.29, 0.717) is 15.2 Å². The van der Waals surface area contributed by atoms with Gasteiger partial charge in [-0.3, -0.25) is 4.79 Å². The topological polar surface area (TPSA) is 127 Å². The minimum Gasteiger partial charge on any atom is -0.330 e. The fourth-order valence-electron chi connectivity index (χ4n) is 2.13. The molecule has 4 N–H and O–H groups in total. The molecule has 28 heavy (non-hydrogen) atoms. The molecule has 1 heterocycles. The number of hydrogen-bond donors (Lipinski definition) is 3. The van der Waals surface area contributed by atoms with Crippen LogP contribution in [-0.4, -0.2) is 29.8 Å². The second kappa shape index (κ2) is 8.69. The van der Waals surface area contributed by atoms with Gasteiger partial charge in [0.15, 0.2) is 4.34 Å². The molecule has 1 amide bonds. The number of carbonyl (C=O) groups excluding carboxylic acids is 1. The molecule has 0 saturated carbocycles. The van der Waals surface area contributed by atoms with E-state index in [1.54, 1.807) is 6.92 Å². The Hall–Kier alpha value is -2.47. The Bertz CT molecular complexity index is 1050. The lowest BCUT2D eigenvalue weighted by molar-refractivity contribution is -0.115. The molecule has 0 spiro atoms. The van der Waals surface area contributed by atoms with Crippen molar-refractivity contribution in [3.8, 4) is 0 Å². The number of nitrogens with one attached hydrogen (secondary N) is 2. The molecule has 11 heteroatoms. The number of primary sulfonamides is 1. The Kier molecular flexibility index (Phi) is 6.29. The fraction of sp³-hybridized carbons (Fsp3) is 0.118. The van der Waals surface area contributed by atoms with E-state index in [0.717, 1.165) is 5.69 Å². The Morgan fingerprint density at radius 3 is 2.39 bits per heavy atom. The molecule has 0 unspecified atom stereocenters. The minimum absolute atomic E-state index is 0.0137. The number of anilines is 3. The average Bonchev–Trinajstić information content (AvgIpc) is 3.09. The van der Waals surface area contributed by atoms with Crippen molar-refractivity contribution in [2.75, 3.05) is 10.6 Å². The first-order valence-corrected chi connectivity index (χ1v) is 11.3. The zero-order valence-electron chi connectivity index (χ0n) is 14.7. The number of nitrogens with two attached hydrogens (primary N) is 1. The number of sulfonamides is 1. The molecule has 146 valence electrons. The van der Waals surface area contributed by atoms with Gasteiger partial charge in [0.1, 0.15) is 0 Å². The Labute approximate surface area is 170 Å². The summed E-state index contributed by atoms with van der Waals surface area (Å²) in [6.07, 6.45) is 0. The van der Waals surface area contributed by atoms with Crippen LogP contribution in [0.4, 0.5) is 16.5 Å². The third-order valence-electron chi connectivity index (χ3n) is 3.53. The lowest BCUT2D eigenvalue weighted by atomic mass is 10.3. The van der Waals surface area contributed by atoms with Gasteiger partial charge in [-0.1, -0.05) is 41.3 Å². The largest absolute Gasteiger partial charge is 0.330 e. The first-order valence-electron chi connectivity index (χ1n) is 8.07. The number of carbonyl (C=O) groups is 1. The van der Waals surface area contributed by atoms with E-state index >= 15 is 0 Å². The molecular weight excluding hydrogens is 418 g/mol. The summed E-state index contributed by atoms with van der Waals surface area (Å²) in [7, 11) is -3.76. The predicted octanol–water partition coefficient (Wildman–Crippen LogP) is 3.05. The van der Waals surface area contributed by atoms with Gasteiger partial charge in [0, 0.05) is 11.4 Å². The maximum absolute atomic E-state index is 12.4. The second-order valence-corrected chi connectivity index (χ2v) is 9.81. The smallest absolute Gasteiger partial charge is 0.238 e. The van der Waals surface area contributed by atoms with Gasteiger partial charge in [-0.05, 0) is 43.3 Å². The van der Waals surface area contributed by atoms with E-state index in [2.05, 4.69) is 20.8 Å². The van der Waals surface area contributed by atoms with E-state index in [9.17, 15) is 13.2 Å². The minimum atomic E-state index is -3.76. The van der Waals surface area contributed by atoms with Crippen molar-refractivity contribution in [2.45, 2.75) is 21.4 Å². The summed E-state index contributed by atoms with van der Waals surface area (Å²) in [4.78, 5) is 12.3. The van der Waals surface area contributed by atoms with Crippen molar-refractivity contribution in [3.63, 3.8) is 0 Å². The van der Waals surface area contributed by atoms with Crippen molar-refractivity contribution >= 4 is 55.5 Å². The molecule has 1 aromatic heterocycles.